The third-order valence-electron chi connectivity index (χ3n) is 1.38. The van der Waals surface area contributed by atoms with Crippen LogP contribution in [0.2, 0.25) is 0 Å². The van der Waals surface area contributed by atoms with Gasteiger partial charge in [-0.05, 0) is 6.92 Å². The summed E-state index contributed by atoms with van der Waals surface area (Å²) in [5, 5.41) is 0. The molecule has 2 nitrogen and oxygen atoms in total. The van der Waals surface area contributed by atoms with E-state index in [1.54, 1.807) is 0 Å². The molecule has 0 aromatic rings. The third-order valence-corrected chi connectivity index (χ3v) is 1.38. The summed E-state index contributed by atoms with van der Waals surface area (Å²) in [5.41, 5.74) is 1.01. The maximum atomic E-state index is 9.75. The molecule has 0 aliphatic carbocycles. The molecule has 0 amide bonds. The normalized spacial score (nSPS) is 15.9. The van der Waals surface area contributed by atoms with Crippen LogP contribution in [-0.4, -0.2) is 37.9 Å². The van der Waals surface area contributed by atoms with Crippen molar-refractivity contribution >= 4 is 13.2 Å². The van der Waals surface area contributed by atoms with E-state index in [4.69, 9.17) is 4.74 Å². The van der Waals surface area contributed by atoms with Gasteiger partial charge in [0.15, 0.2) is 13.2 Å². The van der Waals surface area contributed by atoms with E-state index < -0.39 is 7.25 Å². The van der Waals surface area contributed by atoms with Gasteiger partial charge in [-0.1, -0.05) is 6.58 Å². The van der Waals surface area contributed by atoms with E-state index in [0.29, 0.717) is 0 Å². The summed E-state index contributed by atoms with van der Waals surface area (Å²) in [6.45, 7) is 7.53. The minimum atomic E-state index is -6.00. The molecule has 0 bridgehead atoms. The highest BCUT2D eigenvalue weighted by atomic mass is 19.5. The minimum Gasteiger partial charge on any atom is -0.438 e. The van der Waals surface area contributed by atoms with Crippen molar-refractivity contribution in [3.63, 3.8) is 0 Å². The average molecular weight is 213 g/mol. The van der Waals surface area contributed by atoms with Crippen molar-refractivity contribution < 1.29 is 26.6 Å². The Labute approximate surface area is 80.0 Å². The lowest BCUT2D eigenvalue weighted by Gasteiger charge is -1.94. The van der Waals surface area contributed by atoms with Crippen molar-refractivity contribution in [1.29, 1.82) is 0 Å². The lowest BCUT2D eigenvalue weighted by Crippen LogP contribution is -2.10. The quantitative estimate of drug-likeness (QED) is 0.368. The summed E-state index contributed by atoms with van der Waals surface area (Å²) in [6, 6.07) is 0. The lowest BCUT2D eigenvalue weighted by atomic mass is 10.3. The summed E-state index contributed by atoms with van der Waals surface area (Å²) < 4.78 is 46.3. The fraction of sp³-hybridized carbons (Fsp3) is 0.571. The summed E-state index contributed by atoms with van der Waals surface area (Å²) >= 11 is 0. The first-order chi connectivity index (χ1) is 6.22. The Balaban J connectivity index is 0.000000292. The van der Waals surface area contributed by atoms with Crippen molar-refractivity contribution in [2.24, 2.45) is 0 Å². The molecule has 0 saturated heterocycles. The van der Waals surface area contributed by atoms with Crippen LogP contribution < -0.4 is 0 Å². The number of rotatable bonds is 1. The molecule has 82 valence electrons. The van der Waals surface area contributed by atoms with Crippen molar-refractivity contribution in [1.82, 2.24) is 0 Å². The second-order valence-corrected chi connectivity index (χ2v) is 2.85. The van der Waals surface area contributed by atoms with Gasteiger partial charge < -0.3 is 22.0 Å². The molecular weight excluding hydrogens is 201 g/mol. The zero-order chi connectivity index (χ0) is 11.4. The van der Waals surface area contributed by atoms with E-state index >= 15 is 0 Å². The zero-order valence-electron chi connectivity index (χ0n) is 8.07. The molecule has 1 rings (SSSR count). The van der Waals surface area contributed by atoms with Crippen molar-refractivity contribution in [2.45, 2.75) is 6.92 Å². The van der Waals surface area contributed by atoms with Crippen LogP contribution in [0, 0.1) is 0 Å². The van der Waals surface area contributed by atoms with E-state index in [0.717, 1.165) is 24.6 Å². The zero-order valence-corrected chi connectivity index (χ0v) is 8.07. The van der Waals surface area contributed by atoms with Gasteiger partial charge in [0.1, 0.15) is 7.05 Å². The lowest BCUT2D eigenvalue weighted by molar-refractivity contribution is -0.486. The van der Waals surface area contributed by atoms with Crippen LogP contribution in [0.4, 0.5) is 17.3 Å². The molecule has 7 heteroatoms. The van der Waals surface area contributed by atoms with Crippen LogP contribution in [0.5, 0.6) is 0 Å². The second-order valence-electron chi connectivity index (χ2n) is 2.85. The first kappa shape index (κ1) is 13.0. The van der Waals surface area contributed by atoms with Gasteiger partial charge in [-0.3, -0.25) is 0 Å². The van der Waals surface area contributed by atoms with E-state index in [2.05, 4.69) is 11.2 Å². The van der Waals surface area contributed by atoms with E-state index in [-0.39, 0.29) is 0 Å². The highest BCUT2D eigenvalue weighted by Crippen LogP contribution is 2.06. The standard InChI is InChI=1S/C7H12NO.BF4/c1-6(2)7-8(3)4-5-9-7;2-1(3,4)5/h1,4-5H2,2-3H3;/q+1;-1. The Morgan fingerprint density at radius 3 is 2.00 bits per heavy atom. The smallest absolute Gasteiger partial charge is 0.438 e. The molecule has 0 aromatic heterocycles. The molecule has 14 heavy (non-hydrogen) atoms. The topological polar surface area (TPSA) is 12.2 Å². The maximum absolute atomic E-state index is 9.75. The van der Waals surface area contributed by atoms with Gasteiger partial charge >= 0.3 is 13.2 Å². The Bertz CT molecular complexity index is 243. The summed E-state index contributed by atoms with van der Waals surface area (Å²) in [5.74, 6) is 0.940. The van der Waals surface area contributed by atoms with E-state index in [1.165, 1.54) is 0 Å². The predicted octanol–water partition coefficient (Wildman–Crippen LogP) is 1.93. The molecule has 0 N–H and O–H groups in total. The van der Waals surface area contributed by atoms with Crippen LogP contribution >= 0.6 is 0 Å². The van der Waals surface area contributed by atoms with Gasteiger partial charge in [-0.15, -0.1) is 0 Å². The Kier molecular flexibility index (Phi) is 4.66. The van der Waals surface area contributed by atoms with Crippen molar-refractivity contribution in [2.75, 3.05) is 20.2 Å². The average Bonchev–Trinajstić information content (AvgIpc) is 2.30. The van der Waals surface area contributed by atoms with Gasteiger partial charge in [0.05, 0.1) is 5.57 Å². The van der Waals surface area contributed by atoms with Gasteiger partial charge in [0, 0.05) is 0 Å². The molecule has 0 aromatic carbocycles. The summed E-state index contributed by atoms with van der Waals surface area (Å²) in [7, 11) is -3.99. The Morgan fingerprint density at radius 1 is 1.43 bits per heavy atom. The predicted molar refractivity (Wildman–Crippen MR) is 47.0 cm³/mol. The number of halogens is 4. The summed E-state index contributed by atoms with van der Waals surface area (Å²) in [4.78, 5) is 0. The molecule has 1 aliphatic rings. The first-order valence-electron chi connectivity index (χ1n) is 3.96. The van der Waals surface area contributed by atoms with E-state index in [9.17, 15) is 17.3 Å². The fourth-order valence-corrected chi connectivity index (χ4v) is 0.940. The van der Waals surface area contributed by atoms with Gasteiger partial charge in [-0.2, -0.15) is 4.58 Å². The molecule has 0 radical (unpaired) electrons. The molecule has 0 atom stereocenters. The molecule has 1 aliphatic heterocycles. The number of likely N-dealkylation sites (N-methyl/N-ethyl adjacent to an activating group) is 1. The monoisotopic (exact) mass is 213 g/mol. The summed E-state index contributed by atoms with van der Waals surface area (Å²) in [6.07, 6.45) is 0. The Hall–Kier alpha value is -1.01. The highest BCUT2D eigenvalue weighted by molar-refractivity contribution is 6.50. The van der Waals surface area contributed by atoms with Gasteiger partial charge in [-0.25, -0.2) is 0 Å². The van der Waals surface area contributed by atoms with Gasteiger partial charge in [0.25, 0.3) is 0 Å². The molecule has 0 spiro atoms. The van der Waals surface area contributed by atoms with Crippen LogP contribution in [0.15, 0.2) is 12.2 Å². The van der Waals surface area contributed by atoms with Gasteiger partial charge in [0.2, 0.25) is 0 Å². The molecule has 0 saturated carbocycles. The van der Waals surface area contributed by atoms with Crippen LogP contribution in [0.25, 0.3) is 0 Å². The SMILES string of the molecule is C=C(C)C1=[N+](C)CCO1.F[B-](F)(F)F. The van der Waals surface area contributed by atoms with Crippen LogP contribution in [0.3, 0.4) is 0 Å². The first-order valence-corrected chi connectivity index (χ1v) is 3.96. The van der Waals surface area contributed by atoms with Crippen LogP contribution in [-0.2, 0) is 4.74 Å². The highest BCUT2D eigenvalue weighted by Gasteiger charge is 2.20. The third kappa shape index (κ3) is 6.50. The largest absolute Gasteiger partial charge is 0.673 e. The molecule has 1 heterocycles. The molecule has 0 unspecified atom stereocenters. The maximum Gasteiger partial charge on any atom is 0.673 e. The molecule has 0 fully saturated rings. The van der Waals surface area contributed by atoms with Crippen molar-refractivity contribution in [3.05, 3.63) is 12.2 Å². The fourth-order valence-electron chi connectivity index (χ4n) is 0.940. The van der Waals surface area contributed by atoms with Crippen LogP contribution in [0.1, 0.15) is 6.92 Å². The number of ether oxygens (including phenoxy) is 1. The number of hydrogen-bond acceptors (Lipinski definition) is 1. The molecular formula is C7H12BF4NO. The number of hydrogen-bond donors (Lipinski definition) is 0. The number of nitrogens with zero attached hydrogens (tertiary/aromatic N) is 1. The Morgan fingerprint density at radius 2 is 1.86 bits per heavy atom. The minimum absolute atomic E-state index is 0.804. The second kappa shape index (κ2) is 5.02. The van der Waals surface area contributed by atoms with E-state index in [1.807, 2.05) is 14.0 Å². The van der Waals surface area contributed by atoms with Crippen molar-refractivity contribution in [3.8, 4) is 0 Å².